The van der Waals surface area contributed by atoms with Gasteiger partial charge in [0.25, 0.3) is 5.91 Å². The molecule has 3 aromatic rings. The molecule has 2 heterocycles. The molecule has 5 nitrogen and oxygen atoms in total. The fourth-order valence-electron chi connectivity index (χ4n) is 3.41. The second-order valence-corrected chi connectivity index (χ2v) is 8.57. The van der Waals surface area contributed by atoms with Gasteiger partial charge in [-0.05, 0) is 39.7 Å². The fraction of sp³-hybridized carbons (Fsp3) is 0.200. The first kappa shape index (κ1) is 22.0. The Labute approximate surface area is 193 Å². The van der Waals surface area contributed by atoms with Crippen LogP contribution in [0.3, 0.4) is 0 Å². The number of carbonyl (C=O) groups is 1. The molecule has 0 saturated carbocycles. The van der Waals surface area contributed by atoms with E-state index in [9.17, 15) is 18.0 Å². The van der Waals surface area contributed by atoms with Crippen molar-refractivity contribution in [2.45, 2.75) is 24.7 Å². The number of hydrogen-bond acceptors (Lipinski definition) is 3. The van der Waals surface area contributed by atoms with Crippen molar-refractivity contribution in [1.82, 2.24) is 9.78 Å². The Bertz CT molecular complexity index is 1140. The standard InChI is InChI=1S/C20H14BrCl2F3N4O/c21-16-17(19(31)28-13-7-6-11(22)8-12(13)23)29-30-15(20(24,25)26)9-14(27-18(16)30)10-4-2-1-3-5-10/h1-8,14-15,27H,9H2,(H,28,31)/t14-,15+/m0/s1. The van der Waals surface area contributed by atoms with E-state index in [-0.39, 0.29) is 33.1 Å². The van der Waals surface area contributed by atoms with Crippen molar-refractivity contribution >= 4 is 56.5 Å². The number of nitrogens with zero attached hydrogens (tertiary/aromatic N) is 2. The maximum Gasteiger partial charge on any atom is 0.410 e. The summed E-state index contributed by atoms with van der Waals surface area (Å²) < 4.78 is 42.5. The highest BCUT2D eigenvalue weighted by Gasteiger charge is 2.47. The molecular formula is C20H14BrCl2F3N4O. The van der Waals surface area contributed by atoms with Gasteiger partial charge in [-0.15, -0.1) is 0 Å². The number of anilines is 2. The van der Waals surface area contributed by atoms with Crippen molar-refractivity contribution in [3.8, 4) is 0 Å². The summed E-state index contributed by atoms with van der Waals surface area (Å²) in [6, 6.07) is 10.8. The van der Waals surface area contributed by atoms with E-state index in [2.05, 4.69) is 31.7 Å². The number of nitrogens with one attached hydrogen (secondary N) is 2. The van der Waals surface area contributed by atoms with Crippen molar-refractivity contribution in [3.05, 3.63) is 74.3 Å². The Kier molecular flexibility index (Phi) is 5.93. The molecule has 1 amide bonds. The molecule has 162 valence electrons. The maximum absolute atomic E-state index is 13.9. The molecule has 1 aromatic heterocycles. The topological polar surface area (TPSA) is 59.0 Å². The molecule has 4 rings (SSSR count). The Morgan fingerprint density at radius 1 is 1.19 bits per heavy atom. The molecule has 0 bridgehead atoms. The molecule has 0 aliphatic carbocycles. The summed E-state index contributed by atoms with van der Waals surface area (Å²) in [6.45, 7) is 0. The van der Waals surface area contributed by atoms with Crippen LogP contribution in [0.5, 0.6) is 0 Å². The quantitative estimate of drug-likeness (QED) is 0.386. The number of fused-ring (bicyclic) bond motifs is 1. The minimum atomic E-state index is -4.55. The van der Waals surface area contributed by atoms with Crippen LogP contribution in [0.25, 0.3) is 0 Å². The summed E-state index contributed by atoms with van der Waals surface area (Å²) in [6.07, 6.45) is -4.82. The Hall–Kier alpha value is -2.23. The Balaban J connectivity index is 1.70. The molecule has 31 heavy (non-hydrogen) atoms. The van der Waals surface area contributed by atoms with Gasteiger partial charge in [0.1, 0.15) is 5.82 Å². The van der Waals surface area contributed by atoms with Crippen LogP contribution in [0.2, 0.25) is 10.0 Å². The van der Waals surface area contributed by atoms with Crippen LogP contribution >= 0.6 is 39.1 Å². The van der Waals surface area contributed by atoms with Crippen molar-refractivity contribution in [2.24, 2.45) is 0 Å². The van der Waals surface area contributed by atoms with Gasteiger partial charge in [0.05, 0.1) is 21.2 Å². The fourth-order valence-corrected chi connectivity index (χ4v) is 4.42. The molecule has 1 aliphatic rings. The molecule has 0 fully saturated rings. The van der Waals surface area contributed by atoms with Crippen LogP contribution in [0.4, 0.5) is 24.7 Å². The zero-order valence-corrected chi connectivity index (χ0v) is 18.6. The lowest BCUT2D eigenvalue weighted by atomic mass is 9.97. The summed E-state index contributed by atoms with van der Waals surface area (Å²) >= 11 is 15.2. The van der Waals surface area contributed by atoms with Gasteiger partial charge >= 0.3 is 6.18 Å². The number of alkyl halides is 3. The van der Waals surface area contributed by atoms with E-state index in [1.54, 1.807) is 30.3 Å². The molecule has 0 saturated heterocycles. The molecule has 2 atom stereocenters. The zero-order chi connectivity index (χ0) is 22.3. The predicted molar refractivity (Wildman–Crippen MR) is 117 cm³/mol. The van der Waals surface area contributed by atoms with Gasteiger partial charge < -0.3 is 10.6 Å². The molecule has 2 N–H and O–H groups in total. The van der Waals surface area contributed by atoms with Crippen LogP contribution in [0, 0.1) is 0 Å². The summed E-state index contributed by atoms with van der Waals surface area (Å²) in [5.41, 5.74) is 0.767. The average Bonchev–Trinajstić information content (AvgIpc) is 3.06. The number of rotatable bonds is 3. The van der Waals surface area contributed by atoms with Gasteiger partial charge in [0.2, 0.25) is 0 Å². The number of aromatic nitrogens is 2. The average molecular weight is 534 g/mol. The molecule has 0 unspecified atom stereocenters. The lowest BCUT2D eigenvalue weighted by Gasteiger charge is -2.33. The summed E-state index contributed by atoms with van der Waals surface area (Å²) in [5, 5.41) is 10.2. The SMILES string of the molecule is O=C(Nc1ccc(Cl)cc1Cl)c1nn2c(c1Br)N[C@H](c1ccccc1)C[C@@H]2C(F)(F)F. The minimum absolute atomic E-state index is 0.0785. The third-order valence-corrected chi connectivity index (χ3v) is 6.19. The highest BCUT2D eigenvalue weighted by molar-refractivity contribution is 9.10. The Morgan fingerprint density at radius 3 is 2.55 bits per heavy atom. The molecule has 0 radical (unpaired) electrons. The van der Waals surface area contributed by atoms with Gasteiger partial charge in [0.15, 0.2) is 11.7 Å². The van der Waals surface area contributed by atoms with E-state index in [1.165, 1.54) is 18.2 Å². The predicted octanol–water partition coefficient (Wildman–Crippen LogP) is 6.87. The minimum Gasteiger partial charge on any atom is -0.362 e. The van der Waals surface area contributed by atoms with Crippen molar-refractivity contribution < 1.29 is 18.0 Å². The van der Waals surface area contributed by atoms with E-state index in [0.29, 0.717) is 10.6 Å². The highest BCUT2D eigenvalue weighted by Crippen LogP contribution is 2.46. The third kappa shape index (κ3) is 4.40. The third-order valence-electron chi connectivity index (χ3n) is 4.89. The summed E-state index contributed by atoms with van der Waals surface area (Å²) in [7, 11) is 0. The molecule has 1 aliphatic heterocycles. The van der Waals surface area contributed by atoms with Crippen LogP contribution in [-0.2, 0) is 0 Å². The van der Waals surface area contributed by atoms with Crippen molar-refractivity contribution in [2.75, 3.05) is 10.6 Å². The Morgan fingerprint density at radius 2 is 1.90 bits per heavy atom. The number of halogens is 6. The first-order valence-corrected chi connectivity index (χ1v) is 10.6. The van der Waals surface area contributed by atoms with E-state index in [1.807, 2.05) is 0 Å². The second-order valence-electron chi connectivity index (χ2n) is 6.93. The lowest BCUT2D eigenvalue weighted by molar-refractivity contribution is -0.173. The number of carbonyl (C=O) groups excluding carboxylic acids is 1. The van der Waals surface area contributed by atoms with Gasteiger partial charge in [-0.2, -0.15) is 18.3 Å². The van der Waals surface area contributed by atoms with Crippen LogP contribution in [-0.4, -0.2) is 21.9 Å². The highest BCUT2D eigenvalue weighted by atomic mass is 79.9. The normalized spacial score (nSPS) is 18.3. The van der Waals surface area contributed by atoms with E-state index in [0.717, 1.165) is 4.68 Å². The number of benzene rings is 2. The molecule has 0 spiro atoms. The van der Waals surface area contributed by atoms with Crippen molar-refractivity contribution in [1.29, 1.82) is 0 Å². The summed E-state index contributed by atoms with van der Waals surface area (Å²) in [4.78, 5) is 12.8. The van der Waals surface area contributed by atoms with Crippen LogP contribution in [0.15, 0.2) is 53.0 Å². The van der Waals surface area contributed by atoms with Gasteiger partial charge in [0, 0.05) is 11.4 Å². The van der Waals surface area contributed by atoms with E-state index >= 15 is 0 Å². The largest absolute Gasteiger partial charge is 0.410 e. The van der Waals surface area contributed by atoms with Gasteiger partial charge in [-0.25, -0.2) is 4.68 Å². The zero-order valence-electron chi connectivity index (χ0n) is 15.6. The molecular weight excluding hydrogens is 520 g/mol. The first-order valence-electron chi connectivity index (χ1n) is 9.07. The summed E-state index contributed by atoms with van der Waals surface area (Å²) in [5.74, 6) is -0.633. The van der Waals surface area contributed by atoms with Gasteiger partial charge in [-0.3, -0.25) is 4.79 Å². The van der Waals surface area contributed by atoms with Crippen LogP contribution < -0.4 is 10.6 Å². The first-order chi connectivity index (χ1) is 14.6. The second kappa shape index (κ2) is 8.37. The lowest BCUT2D eigenvalue weighted by Crippen LogP contribution is -2.35. The molecule has 2 aromatic carbocycles. The van der Waals surface area contributed by atoms with E-state index < -0.39 is 24.2 Å². The van der Waals surface area contributed by atoms with E-state index in [4.69, 9.17) is 23.2 Å². The smallest absolute Gasteiger partial charge is 0.362 e. The monoisotopic (exact) mass is 532 g/mol. The van der Waals surface area contributed by atoms with Gasteiger partial charge in [-0.1, -0.05) is 53.5 Å². The molecule has 11 heteroatoms. The van der Waals surface area contributed by atoms with Crippen LogP contribution in [0.1, 0.15) is 34.6 Å². The van der Waals surface area contributed by atoms with Crippen molar-refractivity contribution in [3.63, 3.8) is 0 Å². The number of amides is 1. The maximum atomic E-state index is 13.9. The number of hydrogen-bond donors (Lipinski definition) is 2.